The monoisotopic (exact) mass is 360 g/mol. The standard InChI is InChI=1S/C16H11F3N6O/c17-16(18,19)15-22-13(25-26-15)9-5-6-10(20-7-9)8-21-14-11-3-1-2-4-12(11)23-24-14/h1-7H,8H2,(H2,21,23,24). The molecule has 2 N–H and O–H groups in total. The van der Waals surface area contributed by atoms with Crippen molar-refractivity contribution in [3.8, 4) is 11.4 Å². The average Bonchev–Trinajstić information content (AvgIpc) is 3.28. The first-order valence-corrected chi connectivity index (χ1v) is 7.54. The fourth-order valence-corrected chi connectivity index (χ4v) is 2.39. The molecule has 4 rings (SSSR count). The SMILES string of the molecule is FC(F)(F)c1nc(-c2ccc(CNc3[nH]nc4ccccc34)nc2)no1. The molecule has 0 fully saturated rings. The molecule has 0 amide bonds. The Kier molecular flexibility index (Phi) is 3.79. The van der Waals surface area contributed by atoms with Gasteiger partial charge in [0.15, 0.2) is 0 Å². The predicted molar refractivity (Wildman–Crippen MR) is 86.0 cm³/mol. The zero-order valence-electron chi connectivity index (χ0n) is 13.1. The maximum atomic E-state index is 12.5. The Morgan fingerprint density at radius 2 is 1.96 bits per heavy atom. The molecule has 0 saturated carbocycles. The van der Waals surface area contributed by atoms with E-state index in [0.29, 0.717) is 17.8 Å². The summed E-state index contributed by atoms with van der Waals surface area (Å²) in [6.07, 6.45) is -3.28. The normalized spacial score (nSPS) is 11.8. The number of benzene rings is 1. The van der Waals surface area contributed by atoms with Crippen LogP contribution in [0.15, 0.2) is 47.1 Å². The Balaban J connectivity index is 1.47. The highest BCUT2D eigenvalue weighted by Gasteiger charge is 2.38. The van der Waals surface area contributed by atoms with Gasteiger partial charge in [-0.05, 0) is 24.3 Å². The van der Waals surface area contributed by atoms with Gasteiger partial charge < -0.3 is 9.84 Å². The average molecular weight is 360 g/mol. The molecule has 0 spiro atoms. The van der Waals surface area contributed by atoms with Crippen LogP contribution < -0.4 is 5.32 Å². The Hall–Kier alpha value is -3.43. The minimum Gasteiger partial charge on any atom is -0.364 e. The van der Waals surface area contributed by atoms with Crippen LogP contribution in [0.5, 0.6) is 0 Å². The zero-order valence-corrected chi connectivity index (χ0v) is 13.1. The van der Waals surface area contributed by atoms with Gasteiger partial charge in [0.05, 0.1) is 17.8 Å². The Morgan fingerprint density at radius 3 is 2.69 bits per heavy atom. The van der Waals surface area contributed by atoms with Crippen molar-refractivity contribution in [3.05, 3.63) is 54.2 Å². The number of anilines is 1. The van der Waals surface area contributed by atoms with Crippen LogP contribution in [0.2, 0.25) is 0 Å². The summed E-state index contributed by atoms with van der Waals surface area (Å²) < 4.78 is 41.7. The van der Waals surface area contributed by atoms with E-state index in [4.69, 9.17) is 0 Å². The number of nitrogens with one attached hydrogen (secondary N) is 2. The lowest BCUT2D eigenvalue weighted by molar-refractivity contribution is -0.159. The van der Waals surface area contributed by atoms with Gasteiger partial charge in [-0.25, -0.2) is 0 Å². The molecule has 26 heavy (non-hydrogen) atoms. The van der Waals surface area contributed by atoms with Crippen LogP contribution in [0, 0.1) is 0 Å². The van der Waals surface area contributed by atoms with E-state index in [9.17, 15) is 13.2 Å². The van der Waals surface area contributed by atoms with Gasteiger partial charge in [-0.3, -0.25) is 10.1 Å². The van der Waals surface area contributed by atoms with E-state index >= 15 is 0 Å². The van der Waals surface area contributed by atoms with Gasteiger partial charge in [-0.2, -0.15) is 23.3 Å². The third kappa shape index (κ3) is 3.08. The molecule has 0 radical (unpaired) electrons. The molecule has 3 heterocycles. The lowest BCUT2D eigenvalue weighted by Crippen LogP contribution is -2.05. The summed E-state index contributed by atoms with van der Waals surface area (Å²) in [5.74, 6) is -0.785. The number of hydrogen-bond donors (Lipinski definition) is 2. The minimum atomic E-state index is -4.67. The van der Waals surface area contributed by atoms with Gasteiger partial charge in [0.25, 0.3) is 0 Å². The van der Waals surface area contributed by atoms with Gasteiger partial charge in [0.2, 0.25) is 5.82 Å². The van der Waals surface area contributed by atoms with Gasteiger partial charge in [-0.1, -0.05) is 17.3 Å². The second kappa shape index (κ2) is 6.14. The first-order valence-electron chi connectivity index (χ1n) is 7.54. The van der Waals surface area contributed by atoms with E-state index in [1.54, 1.807) is 12.1 Å². The summed E-state index contributed by atoms with van der Waals surface area (Å²) in [4.78, 5) is 7.54. The summed E-state index contributed by atoms with van der Waals surface area (Å²) in [5, 5.41) is 14.6. The Morgan fingerprint density at radius 1 is 1.12 bits per heavy atom. The van der Waals surface area contributed by atoms with Crippen LogP contribution in [0.3, 0.4) is 0 Å². The molecule has 0 aliphatic rings. The third-order valence-electron chi connectivity index (χ3n) is 3.66. The highest BCUT2D eigenvalue weighted by atomic mass is 19.4. The smallest absolute Gasteiger partial charge is 0.364 e. The lowest BCUT2D eigenvalue weighted by atomic mass is 10.2. The molecule has 3 aromatic heterocycles. The van der Waals surface area contributed by atoms with Crippen LogP contribution in [-0.2, 0) is 12.7 Å². The first kappa shape index (κ1) is 16.1. The minimum absolute atomic E-state index is 0.163. The van der Waals surface area contributed by atoms with Crippen LogP contribution in [0.1, 0.15) is 11.6 Å². The van der Waals surface area contributed by atoms with Crippen molar-refractivity contribution in [2.45, 2.75) is 12.7 Å². The number of H-pyrrole nitrogens is 1. The highest BCUT2D eigenvalue weighted by molar-refractivity contribution is 5.89. The summed E-state index contributed by atoms with van der Waals surface area (Å²) in [6, 6.07) is 10.9. The molecule has 1 aromatic carbocycles. The second-order valence-corrected chi connectivity index (χ2v) is 5.43. The second-order valence-electron chi connectivity index (χ2n) is 5.43. The molecule has 0 aliphatic carbocycles. The topological polar surface area (TPSA) is 92.5 Å². The van der Waals surface area contributed by atoms with E-state index in [2.05, 4.69) is 35.2 Å². The summed E-state index contributed by atoms with van der Waals surface area (Å²) in [5.41, 5.74) is 1.86. The lowest BCUT2D eigenvalue weighted by Gasteiger charge is -2.04. The van der Waals surface area contributed by atoms with Crippen LogP contribution in [0.25, 0.3) is 22.3 Å². The quantitative estimate of drug-likeness (QED) is 0.577. The van der Waals surface area contributed by atoms with E-state index < -0.39 is 12.1 Å². The number of nitrogens with zero attached hydrogens (tertiary/aromatic N) is 4. The first-order chi connectivity index (χ1) is 12.5. The molecule has 132 valence electrons. The summed E-state index contributed by atoms with van der Waals surface area (Å²) >= 11 is 0. The van der Waals surface area contributed by atoms with Crippen LogP contribution >= 0.6 is 0 Å². The molecular weight excluding hydrogens is 349 g/mol. The largest absolute Gasteiger partial charge is 0.471 e. The van der Waals surface area contributed by atoms with Crippen LogP contribution in [-0.4, -0.2) is 25.3 Å². The molecule has 10 heteroatoms. The van der Waals surface area contributed by atoms with Gasteiger partial charge in [-0.15, -0.1) is 0 Å². The molecule has 0 atom stereocenters. The van der Waals surface area contributed by atoms with Gasteiger partial charge >= 0.3 is 12.1 Å². The van der Waals surface area contributed by atoms with Crippen molar-refractivity contribution in [1.29, 1.82) is 0 Å². The van der Waals surface area contributed by atoms with Crippen molar-refractivity contribution >= 4 is 16.7 Å². The number of aromatic amines is 1. The van der Waals surface area contributed by atoms with E-state index in [1.165, 1.54) is 6.20 Å². The van der Waals surface area contributed by atoms with Crippen molar-refractivity contribution < 1.29 is 17.7 Å². The number of hydrogen-bond acceptors (Lipinski definition) is 6. The van der Waals surface area contributed by atoms with E-state index in [0.717, 1.165) is 16.7 Å². The number of pyridine rings is 1. The molecule has 0 unspecified atom stereocenters. The number of alkyl halides is 3. The molecular formula is C16H11F3N6O. The van der Waals surface area contributed by atoms with Gasteiger partial charge in [0.1, 0.15) is 5.82 Å². The van der Waals surface area contributed by atoms with Crippen molar-refractivity contribution in [1.82, 2.24) is 25.3 Å². The summed E-state index contributed by atoms with van der Waals surface area (Å²) in [7, 11) is 0. The molecule has 4 aromatic rings. The maximum absolute atomic E-state index is 12.5. The molecule has 0 saturated heterocycles. The van der Waals surface area contributed by atoms with E-state index in [1.807, 2.05) is 24.3 Å². The third-order valence-corrected chi connectivity index (χ3v) is 3.66. The number of aromatic nitrogens is 5. The fraction of sp³-hybridized carbons (Fsp3) is 0.125. The number of rotatable bonds is 4. The number of halogens is 3. The molecule has 7 nitrogen and oxygen atoms in total. The highest BCUT2D eigenvalue weighted by Crippen LogP contribution is 2.29. The van der Waals surface area contributed by atoms with Crippen molar-refractivity contribution in [2.75, 3.05) is 5.32 Å². The van der Waals surface area contributed by atoms with Crippen molar-refractivity contribution in [3.63, 3.8) is 0 Å². The Bertz CT molecular complexity index is 1040. The number of fused-ring (bicyclic) bond motifs is 1. The van der Waals surface area contributed by atoms with Crippen molar-refractivity contribution in [2.24, 2.45) is 0 Å². The van der Waals surface area contributed by atoms with Crippen LogP contribution in [0.4, 0.5) is 19.0 Å². The maximum Gasteiger partial charge on any atom is 0.471 e. The predicted octanol–water partition coefficient (Wildman–Crippen LogP) is 3.64. The molecule has 0 bridgehead atoms. The van der Waals surface area contributed by atoms with E-state index in [-0.39, 0.29) is 5.82 Å². The Labute approximate surface area is 144 Å². The number of para-hydroxylation sites is 1. The fourth-order valence-electron chi connectivity index (χ4n) is 2.39. The molecule has 0 aliphatic heterocycles. The van der Waals surface area contributed by atoms with Gasteiger partial charge in [0, 0.05) is 17.1 Å². The zero-order chi connectivity index (χ0) is 18.1. The summed E-state index contributed by atoms with van der Waals surface area (Å²) in [6.45, 7) is 0.409.